The van der Waals surface area contributed by atoms with Gasteiger partial charge in [-0.15, -0.1) is 0 Å². The number of hydrogen-bond donors (Lipinski definition) is 2. The Morgan fingerprint density at radius 1 is 0.795 bits per heavy atom. The first-order chi connectivity index (χ1) is 18.5. The van der Waals surface area contributed by atoms with Gasteiger partial charge in [-0.05, 0) is 56.2 Å². The Morgan fingerprint density at radius 3 is 1.67 bits per heavy atom. The van der Waals surface area contributed by atoms with Gasteiger partial charge in [0, 0.05) is 12.8 Å². The van der Waals surface area contributed by atoms with Crippen LogP contribution < -0.4 is 20.1 Å². The zero-order valence-electron chi connectivity index (χ0n) is 23.0. The van der Waals surface area contributed by atoms with E-state index in [2.05, 4.69) is 23.8 Å². The van der Waals surface area contributed by atoms with E-state index in [1.807, 2.05) is 0 Å². The van der Waals surface area contributed by atoms with Gasteiger partial charge in [0.05, 0.1) is 7.11 Å². The number of hydrogen-bond acceptors (Lipinski definition) is 7. The van der Waals surface area contributed by atoms with E-state index < -0.39 is 35.7 Å². The van der Waals surface area contributed by atoms with Crippen LogP contribution in [0.25, 0.3) is 0 Å². The van der Waals surface area contributed by atoms with Gasteiger partial charge in [-0.2, -0.15) is 0 Å². The second-order valence-electron chi connectivity index (χ2n) is 9.68. The minimum absolute atomic E-state index is 0.149. The molecule has 210 valence electrons. The molecule has 2 rings (SSSR count). The van der Waals surface area contributed by atoms with Gasteiger partial charge in [0.15, 0.2) is 0 Å². The Morgan fingerprint density at radius 2 is 1.26 bits per heavy atom. The normalized spacial score (nSPS) is 12.3. The van der Waals surface area contributed by atoms with Crippen molar-refractivity contribution in [1.29, 1.82) is 0 Å². The van der Waals surface area contributed by atoms with E-state index in [1.54, 1.807) is 81.5 Å². The van der Waals surface area contributed by atoms with E-state index in [0.29, 0.717) is 24.7 Å². The predicted molar refractivity (Wildman–Crippen MR) is 149 cm³/mol. The minimum Gasteiger partial charge on any atom is -0.490 e. The lowest BCUT2D eigenvalue weighted by Crippen LogP contribution is -2.53. The summed E-state index contributed by atoms with van der Waals surface area (Å²) in [6.07, 6.45) is 2.86. The van der Waals surface area contributed by atoms with Gasteiger partial charge in [0.25, 0.3) is 0 Å². The molecule has 2 amide bonds. The zero-order chi connectivity index (χ0) is 28.8. The van der Waals surface area contributed by atoms with Crippen LogP contribution in [-0.2, 0) is 31.9 Å². The SMILES string of the molecule is C=CCOc1ccc(C[C@H](NC(=O)[C@@H](Cc2ccc(OCC=C)cc2)NC(=O)OC(C)(C)C)C(=O)OC)cc1. The maximum atomic E-state index is 13.4. The molecule has 0 aliphatic carbocycles. The fourth-order valence-electron chi connectivity index (χ4n) is 3.49. The lowest BCUT2D eigenvalue weighted by atomic mass is 10.0. The Bertz CT molecular complexity index is 1110. The summed E-state index contributed by atoms with van der Waals surface area (Å²) in [5.41, 5.74) is 0.788. The van der Waals surface area contributed by atoms with E-state index in [-0.39, 0.29) is 12.8 Å². The van der Waals surface area contributed by atoms with Gasteiger partial charge in [-0.1, -0.05) is 49.6 Å². The number of amides is 2. The third-order valence-corrected chi connectivity index (χ3v) is 5.27. The Labute approximate surface area is 230 Å². The van der Waals surface area contributed by atoms with Crippen LogP contribution in [-0.4, -0.2) is 56.0 Å². The largest absolute Gasteiger partial charge is 0.490 e. The highest BCUT2D eigenvalue weighted by atomic mass is 16.6. The monoisotopic (exact) mass is 538 g/mol. The molecule has 0 fully saturated rings. The first kappa shape index (κ1) is 31.0. The molecular weight excluding hydrogens is 500 g/mol. The van der Waals surface area contributed by atoms with Crippen molar-refractivity contribution in [2.75, 3.05) is 20.3 Å². The smallest absolute Gasteiger partial charge is 0.408 e. The Hall–Kier alpha value is -4.27. The highest BCUT2D eigenvalue weighted by Crippen LogP contribution is 2.16. The van der Waals surface area contributed by atoms with Crippen molar-refractivity contribution >= 4 is 18.0 Å². The van der Waals surface area contributed by atoms with Gasteiger partial charge in [-0.25, -0.2) is 9.59 Å². The van der Waals surface area contributed by atoms with Crippen LogP contribution in [0.15, 0.2) is 73.8 Å². The Balaban J connectivity index is 2.20. The van der Waals surface area contributed by atoms with Crippen LogP contribution in [0.3, 0.4) is 0 Å². The van der Waals surface area contributed by atoms with Crippen LogP contribution in [0.4, 0.5) is 4.79 Å². The van der Waals surface area contributed by atoms with Crippen molar-refractivity contribution in [2.24, 2.45) is 0 Å². The molecule has 2 atom stereocenters. The Kier molecular flexibility index (Phi) is 12.1. The first-order valence-corrected chi connectivity index (χ1v) is 12.6. The average Bonchev–Trinajstić information content (AvgIpc) is 2.89. The van der Waals surface area contributed by atoms with Gasteiger partial charge in [-0.3, -0.25) is 4.79 Å². The van der Waals surface area contributed by atoms with Gasteiger partial charge in [0.2, 0.25) is 5.91 Å². The molecule has 0 heterocycles. The number of benzene rings is 2. The molecule has 2 aromatic rings. The zero-order valence-corrected chi connectivity index (χ0v) is 23.0. The molecule has 2 aromatic carbocycles. The molecular formula is C30H38N2O7. The highest BCUT2D eigenvalue weighted by molar-refractivity contribution is 5.90. The van der Waals surface area contributed by atoms with Gasteiger partial charge < -0.3 is 29.6 Å². The van der Waals surface area contributed by atoms with Crippen molar-refractivity contribution < 1.29 is 33.3 Å². The van der Waals surface area contributed by atoms with Crippen LogP contribution in [0.1, 0.15) is 31.9 Å². The summed E-state index contributed by atoms with van der Waals surface area (Å²) in [6.45, 7) is 13.2. The summed E-state index contributed by atoms with van der Waals surface area (Å²) in [7, 11) is 1.25. The molecule has 2 N–H and O–H groups in total. The van der Waals surface area contributed by atoms with Crippen LogP contribution in [0, 0.1) is 0 Å². The number of carbonyl (C=O) groups excluding carboxylic acids is 3. The standard InChI is InChI=1S/C30H38N2O7/c1-7-17-37-23-13-9-21(10-14-23)19-25(32-29(35)39-30(3,4)5)27(33)31-26(28(34)36-6)20-22-11-15-24(16-12-22)38-18-8-2/h7-16,25-26H,1-2,17-20H2,3-6H3,(H,31,33)(H,32,35)/t25-,26+/m1/s1. The number of carbonyl (C=O) groups is 3. The lowest BCUT2D eigenvalue weighted by molar-refractivity contribution is -0.145. The molecule has 0 aromatic heterocycles. The molecule has 0 aliphatic heterocycles. The van der Waals surface area contributed by atoms with Crippen molar-refractivity contribution in [1.82, 2.24) is 10.6 Å². The van der Waals surface area contributed by atoms with Crippen molar-refractivity contribution in [3.8, 4) is 11.5 Å². The molecule has 0 saturated carbocycles. The summed E-state index contributed by atoms with van der Waals surface area (Å²) in [5.74, 6) is 0.121. The molecule has 39 heavy (non-hydrogen) atoms. The average molecular weight is 539 g/mol. The predicted octanol–water partition coefficient (Wildman–Crippen LogP) is 4.15. The van der Waals surface area contributed by atoms with Gasteiger partial charge >= 0.3 is 12.1 Å². The fraction of sp³-hybridized carbons (Fsp3) is 0.367. The second-order valence-corrected chi connectivity index (χ2v) is 9.68. The van der Waals surface area contributed by atoms with E-state index in [1.165, 1.54) is 7.11 Å². The maximum Gasteiger partial charge on any atom is 0.408 e. The van der Waals surface area contributed by atoms with E-state index >= 15 is 0 Å². The first-order valence-electron chi connectivity index (χ1n) is 12.6. The molecule has 0 aliphatic rings. The molecule has 0 spiro atoms. The highest BCUT2D eigenvalue weighted by Gasteiger charge is 2.29. The summed E-state index contributed by atoms with van der Waals surface area (Å²) in [6, 6.07) is 12.2. The fourth-order valence-corrected chi connectivity index (χ4v) is 3.49. The van der Waals surface area contributed by atoms with Crippen molar-refractivity contribution in [3.63, 3.8) is 0 Å². The number of rotatable bonds is 14. The van der Waals surface area contributed by atoms with E-state index in [4.69, 9.17) is 18.9 Å². The van der Waals surface area contributed by atoms with Crippen LogP contribution in [0.2, 0.25) is 0 Å². The second kappa shape index (κ2) is 15.2. The maximum absolute atomic E-state index is 13.4. The number of ether oxygens (including phenoxy) is 4. The molecule has 0 saturated heterocycles. The third kappa shape index (κ3) is 11.3. The van der Waals surface area contributed by atoms with Crippen LogP contribution >= 0.6 is 0 Å². The quantitative estimate of drug-likeness (QED) is 0.274. The summed E-state index contributed by atoms with van der Waals surface area (Å²) in [4.78, 5) is 38.5. The molecule has 0 bridgehead atoms. The number of methoxy groups -OCH3 is 1. The number of alkyl carbamates (subject to hydrolysis) is 1. The van der Waals surface area contributed by atoms with Gasteiger partial charge in [0.1, 0.15) is 42.4 Å². The number of esters is 1. The number of nitrogens with one attached hydrogen (secondary N) is 2. The summed E-state index contributed by atoms with van der Waals surface area (Å²) >= 11 is 0. The molecule has 9 heteroatoms. The van der Waals surface area contributed by atoms with Crippen molar-refractivity contribution in [3.05, 3.63) is 85.0 Å². The van der Waals surface area contributed by atoms with E-state index in [0.717, 1.165) is 11.1 Å². The summed E-state index contributed by atoms with van der Waals surface area (Å²) < 4.78 is 21.3. The lowest BCUT2D eigenvalue weighted by Gasteiger charge is -2.25. The molecule has 9 nitrogen and oxygen atoms in total. The minimum atomic E-state index is -1.03. The van der Waals surface area contributed by atoms with Crippen LogP contribution in [0.5, 0.6) is 11.5 Å². The topological polar surface area (TPSA) is 112 Å². The third-order valence-electron chi connectivity index (χ3n) is 5.27. The van der Waals surface area contributed by atoms with E-state index in [9.17, 15) is 14.4 Å². The van der Waals surface area contributed by atoms with Crippen molar-refractivity contribution in [2.45, 2.75) is 51.3 Å². The molecule has 0 radical (unpaired) electrons. The summed E-state index contributed by atoms with van der Waals surface area (Å²) in [5, 5.41) is 5.36. The molecule has 0 unspecified atom stereocenters.